The third kappa shape index (κ3) is 5.58. The van der Waals surface area contributed by atoms with Crippen molar-refractivity contribution in [3.63, 3.8) is 0 Å². The molecule has 10 heteroatoms. The van der Waals surface area contributed by atoms with E-state index >= 15 is 0 Å². The normalized spacial score (nSPS) is 22.2. The van der Waals surface area contributed by atoms with Gasteiger partial charge in [0.25, 0.3) is 5.91 Å². The van der Waals surface area contributed by atoms with E-state index in [9.17, 15) is 24.3 Å². The zero-order chi connectivity index (χ0) is 23.3. The maximum atomic E-state index is 13.3. The van der Waals surface area contributed by atoms with Crippen LogP contribution in [-0.2, 0) is 30.3 Å². The number of carboxylic acids is 1. The quantitative estimate of drug-likeness (QED) is 0.562. The number of hydrogen-bond acceptors (Lipinski definition) is 6. The molecule has 2 aliphatic rings. The van der Waals surface area contributed by atoms with Crippen LogP contribution in [0.15, 0.2) is 24.3 Å². The van der Waals surface area contributed by atoms with Gasteiger partial charge in [-0.3, -0.25) is 24.7 Å². The van der Waals surface area contributed by atoms with Gasteiger partial charge in [-0.25, -0.2) is 9.80 Å². The van der Waals surface area contributed by atoms with Gasteiger partial charge in [0.2, 0.25) is 5.91 Å². The molecule has 3 atom stereocenters. The molecule has 2 saturated heterocycles. The molecule has 2 amide bonds. The van der Waals surface area contributed by atoms with Crippen LogP contribution in [0.3, 0.4) is 0 Å². The number of nitrogens with zero attached hydrogens (tertiary/aromatic N) is 2. The van der Waals surface area contributed by atoms with Gasteiger partial charge in [0.1, 0.15) is 6.04 Å². The zero-order valence-electron chi connectivity index (χ0n) is 18.0. The number of halogens is 1. The number of aryl methyl sites for hydroxylation is 1. The standard InChI is InChI=1S/C22H28ClN3O6/c1-2-32-22(31)17(10-7-14-5-8-15(23)9-6-14)24-16-11-12-19(27)25-13-3-4-18(21(29)30)26(25)20(16)28/h5-6,8-9,16-18,24H,2-4,7,10-13H2,1H3,(H,29,30). The maximum Gasteiger partial charge on any atom is 0.328 e. The monoisotopic (exact) mass is 465 g/mol. The molecule has 2 N–H and O–H groups in total. The molecule has 0 spiro atoms. The summed E-state index contributed by atoms with van der Waals surface area (Å²) in [5, 5.41) is 15.6. The molecule has 2 heterocycles. The SMILES string of the molecule is CCOC(=O)C(CCc1ccc(Cl)cc1)NC1CCC(=O)N2CCCC(C(=O)O)N2C1=O. The van der Waals surface area contributed by atoms with E-state index < -0.39 is 36.0 Å². The number of rotatable bonds is 8. The van der Waals surface area contributed by atoms with Crippen LogP contribution in [0.5, 0.6) is 0 Å². The lowest BCUT2D eigenvalue weighted by atomic mass is 10.0. The summed E-state index contributed by atoms with van der Waals surface area (Å²) in [6.07, 6.45) is 1.95. The Hall–Kier alpha value is -2.65. The number of ether oxygens (including phenoxy) is 1. The Morgan fingerprint density at radius 2 is 1.97 bits per heavy atom. The van der Waals surface area contributed by atoms with Crippen LogP contribution in [0.2, 0.25) is 5.02 Å². The van der Waals surface area contributed by atoms with E-state index in [2.05, 4.69) is 5.32 Å². The summed E-state index contributed by atoms with van der Waals surface area (Å²) in [6.45, 7) is 2.20. The number of amides is 2. The summed E-state index contributed by atoms with van der Waals surface area (Å²) in [5.41, 5.74) is 0.973. The minimum atomic E-state index is -1.15. The molecule has 0 aromatic heterocycles. The summed E-state index contributed by atoms with van der Waals surface area (Å²) >= 11 is 5.93. The Kier molecular flexibility index (Phi) is 8.09. The van der Waals surface area contributed by atoms with Crippen molar-refractivity contribution in [2.24, 2.45) is 0 Å². The van der Waals surface area contributed by atoms with Crippen LogP contribution in [0.25, 0.3) is 0 Å². The van der Waals surface area contributed by atoms with Gasteiger partial charge in [-0.1, -0.05) is 23.7 Å². The molecule has 3 rings (SSSR count). The van der Waals surface area contributed by atoms with Crippen molar-refractivity contribution >= 4 is 35.4 Å². The lowest BCUT2D eigenvalue weighted by Crippen LogP contribution is -2.62. The largest absolute Gasteiger partial charge is 0.480 e. The lowest BCUT2D eigenvalue weighted by Gasteiger charge is -2.42. The highest BCUT2D eigenvalue weighted by atomic mass is 35.5. The average molecular weight is 466 g/mol. The molecular formula is C22H28ClN3O6. The molecule has 174 valence electrons. The first-order valence-corrected chi connectivity index (χ1v) is 11.2. The highest BCUT2D eigenvalue weighted by Gasteiger charge is 2.45. The average Bonchev–Trinajstić information content (AvgIpc) is 2.89. The van der Waals surface area contributed by atoms with E-state index in [4.69, 9.17) is 16.3 Å². The smallest absolute Gasteiger partial charge is 0.328 e. The highest BCUT2D eigenvalue weighted by molar-refractivity contribution is 6.30. The van der Waals surface area contributed by atoms with E-state index in [1.165, 1.54) is 5.01 Å². The summed E-state index contributed by atoms with van der Waals surface area (Å²) in [6, 6.07) is 4.50. The minimum absolute atomic E-state index is 0.0823. The molecule has 1 aromatic rings. The van der Waals surface area contributed by atoms with Crippen molar-refractivity contribution in [1.29, 1.82) is 0 Å². The van der Waals surface area contributed by atoms with Crippen molar-refractivity contribution < 1.29 is 29.0 Å². The maximum absolute atomic E-state index is 13.3. The van der Waals surface area contributed by atoms with Crippen LogP contribution in [0, 0.1) is 0 Å². The summed E-state index contributed by atoms with van der Waals surface area (Å²) in [5.74, 6) is -2.44. The number of hydrogen-bond donors (Lipinski definition) is 2. The summed E-state index contributed by atoms with van der Waals surface area (Å²) in [4.78, 5) is 50.2. The van der Waals surface area contributed by atoms with Crippen molar-refractivity contribution in [2.75, 3.05) is 13.2 Å². The fourth-order valence-corrected chi connectivity index (χ4v) is 4.26. The van der Waals surface area contributed by atoms with Gasteiger partial charge in [-0.05, 0) is 56.7 Å². The topological polar surface area (TPSA) is 116 Å². The number of carbonyl (C=O) groups is 4. The van der Waals surface area contributed by atoms with Crippen LogP contribution in [0.4, 0.5) is 0 Å². The fraction of sp³-hybridized carbons (Fsp3) is 0.545. The summed E-state index contributed by atoms with van der Waals surface area (Å²) < 4.78 is 5.19. The minimum Gasteiger partial charge on any atom is -0.480 e. The van der Waals surface area contributed by atoms with Crippen LogP contribution in [-0.4, -0.2) is 70.2 Å². The fourth-order valence-electron chi connectivity index (χ4n) is 4.13. The van der Waals surface area contributed by atoms with Crippen molar-refractivity contribution in [3.05, 3.63) is 34.9 Å². The number of benzene rings is 1. The number of aliphatic carboxylic acids is 1. The van der Waals surface area contributed by atoms with Crippen molar-refractivity contribution in [3.8, 4) is 0 Å². The Morgan fingerprint density at radius 1 is 1.25 bits per heavy atom. The predicted octanol–water partition coefficient (Wildman–Crippen LogP) is 1.78. The van der Waals surface area contributed by atoms with E-state index in [0.29, 0.717) is 30.8 Å². The number of carbonyl (C=O) groups excluding carboxylic acids is 3. The number of esters is 1. The van der Waals surface area contributed by atoms with E-state index in [0.717, 1.165) is 10.6 Å². The third-order valence-electron chi connectivity index (χ3n) is 5.75. The molecular weight excluding hydrogens is 438 g/mol. The Bertz CT molecular complexity index is 862. The van der Waals surface area contributed by atoms with Gasteiger partial charge < -0.3 is 9.84 Å². The second kappa shape index (κ2) is 10.8. The molecule has 32 heavy (non-hydrogen) atoms. The van der Waals surface area contributed by atoms with E-state index in [-0.39, 0.29) is 31.8 Å². The molecule has 2 aliphatic heterocycles. The van der Waals surface area contributed by atoms with Crippen molar-refractivity contribution in [2.45, 2.75) is 63.6 Å². The zero-order valence-corrected chi connectivity index (χ0v) is 18.7. The van der Waals surface area contributed by atoms with Crippen LogP contribution in [0.1, 0.15) is 44.6 Å². The second-order valence-corrected chi connectivity index (χ2v) is 8.36. The third-order valence-corrected chi connectivity index (χ3v) is 6.01. The van der Waals surface area contributed by atoms with Gasteiger partial charge >= 0.3 is 11.9 Å². The molecule has 0 saturated carbocycles. The van der Waals surface area contributed by atoms with E-state index in [1.807, 2.05) is 12.1 Å². The molecule has 0 bridgehead atoms. The number of carboxylic acid groups (broad SMARTS) is 1. The van der Waals surface area contributed by atoms with Crippen LogP contribution < -0.4 is 5.32 Å². The second-order valence-electron chi connectivity index (χ2n) is 7.92. The van der Waals surface area contributed by atoms with Gasteiger partial charge in [0.15, 0.2) is 6.04 Å². The van der Waals surface area contributed by atoms with Gasteiger partial charge in [-0.15, -0.1) is 0 Å². The molecule has 3 unspecified atom stereocenters. The Balaban J connectivity index is 1.78. The summed E-state index contributed by atoms with van der Waals surface area (Å²) in [7, 11) is 0. The van der Waals surface area contributed by atoms with Crippen LogP contribution >= 0.6 is 11.6 Å². The molecule has 2 fully saturated rings. The molecule has 0 radical (unpaired) electrons. The van der Waals surface area contributed by atoms with E-state index in [1.54, 1.807) is 19.1 Å². The van der Waals surface area contributed by atoms with Gasteiger partial charge in [0.05, 0.1) is 12.6 Å². The van der Waals surface area contributed by atoms with Crippen molar-refractivity contribution in [1.82, 2.24) is 15.3 Å². The Labute approximate surface area is 191 Å². The lowest BCUT2D eigenvalue weighted by molar-refractivity contribution is -0.181. The number of nitrogens with one attached hydrogen (secondary N) is 1. The first-order chi connectivity index (χ1) is 15.3. The number of hydrazine groups is 1. The molecule has 1 aromatic carbocycles. The highest BCUT2D eigenvalue weighted by Crippen LogP contribution is 2.25. The van der Waals surface area contributed by atoms with Gasteiger partial charge in [0, 0.05) is 18.0 Å². The van der Waals surface area contributed by atoms with Gasteiger partial charge in [-0.2, -0.15) is 0 Å². The predicted molar refractivity (Wildman–Crippen MR) is 116 cm³/mol. The number of fused-ring (bicyclic) bond motifs is 1. The Morgan fingerprint density at radius 3 is 2.62 bits per heavy atom. The first kappa shape index (κ1) is 24.0. The first-order valence-electron chi connectivity index (χ1n) is 10.8. The molecule has 9 nitrogen and oxygen atoms in total. The molecule has 0 aliphatic carbocycles.